The third-order valence-electron chi connectivity index (χ3n) is 3.24. The van der Waals surface area contributed by atoms with Crippen LogP contribution in [0.1, 0.15) is 17.5 Å². The first-order chi connectivity index (χ1) is 9.58. The summed E-state index contributed by atoms with van der Waals surface area (Å²) < 4.78 is 1.80. The Morgan fingerprint density at radius 3 is 2.70 bits per heavy atom. The molecular weight excluding hydrogens is 295 g/mol. The van der Waals surface area contributed by atoms with Crippen LogP contribution in [0.5, 0.6) is 0 Å². The molecule has 1 aromatic heterocycles. The van der Waals surface area contributed by atoms with Gasteiger partial charge in [-0.15, -0.1) is 0 Å². The summed E-state index contributed by atoms with van der Waals surface area (Å²) in [6.07, 6.45) is 6.58. The summed E-state index contributed by atoms with van der Waals surface area (Å²) in [5, 5.41) is 5.31. The molecule has 0 fully saturated rings. The fourth-order valence-corrected chi connectivity index (χ4v) is 2.46. The lowest BCUT2D eigenvalue weighted by Gasteiger charge is -2.15. The topological polar surface area (TPSA) is 55.9 Å². The zero-order chi connectivity index (χ0) is 14.5. The third kappa shape index (κ3) is 4.21. The molecule has 0 saturated carbocycles. The Bertz CT molecular complexity index is 568. The number of nitrogens with two attached hydrogens (primary N) is 1. The van der Waals surface area contributed by atoms with Crippen LogP contribution in [-0.2, 0) is 19.9 Å². The Labute approximate surface area is 128 Å². The van der Waals surface area contributed by atoms with Gasteiger partial charge in [0.25, 0.3) is 0 Å². The van der Waals surface area contributed by atoms with E-state index in [1.165, 1.54) is 5.56 Å². The lowest BCUT2D eigenvalue weighted by Crippen LogP contribution is -2.37. The minimum atomic E-state index is 0.187. The van der Waals surface area contributed by atoms with E-state index in [2.05, 4.69) is 10.5 Å². The Morgan fingerprint density at radius 1 is 1.30 bits per heavy atom. The Balaban J connectivity index is 1.92. The molecule has 6 heteroatoms. The standard InChI is InChI=1S/C14H18Cl2N4/c1-20-9-11(8-18-20)2-4-12(19-17)6-10-3-5-13(15)14(16)7-10/h3,5,7-9,12,19H,2,4,6,17H2,1H3. The van der Waals surface area contributed by atoms with Gasteiger partial charge in [-0.2, -0.15) is 5.10 Å². The molecule has 1 unspecified atom stereocenters. The molecule has 1 atom stereocenters. The largest absolute Gasteiger partial charge is 0.276 e. The zero-order valence-electron chi connectivity index (χ0n) is 11.3. The number of rotatable bonds is 6. The van der Waals surface area contributed by atoms with Gasteiger partial charge in [0.05, 0.1) is 16.2 Å². The first-order valence-corrected chi connectivity index (χ1v) is 7.21. The second-order valence-electron chi connectivity index (χ2n) is 4.88. The predicted molar refractivity (Wildman–Crippen MR) is 82.8 cm³/mol. The highest BCUT2D eigenvalue weighted by Gasteiger charge is 2.10. The second-order valence-corrected chi connectivity index (χ2v) is 5.69. The number of nitrogens with zero attached hydrogens (tertiary/aromatic N) is 2. The molecule has 2 aromatic rings. The predicted octanol–water partition coefficient (Wildman–Crippen LogP) is 2.73. The highest BCUT2D eigenvalue weighted by Crippen LogP contribution is 2.23. The molecule has 20 heavy (non-hydrogen) atoms. The van der Waals surface area contributed by atoms with Gasteiger partial charge in [0.1, 0.15) is 0 Å². The van der Waals surface area contributed by atoms with Gasteiger partial charge >= 0.3 is 0 Å². The van der Waals surface area contributed by atoms with Crippen molar-refractivity contribution in [2.24, 2.45) is 12.9 Å². The first-order valence-electron chi connectivity index (χ1n) is 6.46. The van der Waals surface area contributed by atoms with Gasteiger partial charge in [0.2, 0.25) is 0 Å². The number of hydrogen-bond acceptors (Lipinski definition) is 3. The quantitative estimate of drug-likeness (QED) is 0.637. The lowest BCUT2D eigenvalue weighted by molar-refractivity contribution is 0.491. The first kappa shape index (κ1) is 15.3. The Hall–Kier alpha value is -1.07. The van der Waals surface area contributed by atoms with E-state index in [1.807, 2.05) is 37.6 Å². The Kier molecular flexibility index (Phi) is 5.43. The fraction of sp³-hybridized carbons (Fsp3) is 0.357. The van der Waals surface area contributed by atoms with E-state index in [-0.39, 0.29) is 6.04 Å². The lowest BCUT2D eigenvalue weighted by atomic mass is 10.0. The van der Waals surface area contributed by atoms with Crippen molar-refractivity contribution in [2.45, 2.75) is 25.3 Å². The van der Waals surface area contributed by atoms with Crippen LogP contribution in [-0.4, -0.2) is 15.8 Å². The van der Waals surface area contributed by atoms with Crippen molar-refractivity contribution in [2.75, 3.05) is 0 Å². The van der Waals surface area contributed by atoms with E-state index in [9.17, 15) is 0 Å². The monoisotopic (exact) mass is 312 g/mol. The van der Waals surface area contributed by atoms with E-state index < -0.39 is 0 Å². The van der Waals surface area contributed by atoms with Crippen molar-refractivity contribution in [3.63, 3.8) is 0 Å². The maximum Gasteiger partial charge on any atom is 0.0595 e. The number of benzene rings is 1. The molecule has 1 aromatic carbocycles. The summed E-state index contributed by atoms with van der Waals surface area (Å²) in [6.45, 7) is 0. The minimum Gasteiger partial charge on any atom is -0.276 e. The highest BCUT2D eigenvalue weighted by atomic mass is 35.5. The van der Waals surface area contributed by atoms with E-state index >= 15 is 0 Å². The van der Waals surface area contributed by atoms with Gasteiger partial charge in [-0.05, 0) is 42.5 Å². The van der Waals surface area contributed by atoms with Crippen LogP contribution in [0, 0.1) is 0 Å². The molecule has 0 radical (unpaired) electrons. The maximum atomic E-state index is 6.02. The molecule has 0 bridgehead atoms. The minimum absolute atomic E-state index is 0.187. The average molecular weight is 313 g/mol. The number of hydrazine groups is 1. The van der Waals surface area contributed by atoms with Crippen molar-refractivity contribution >= 4 is 23.2 Å². The van der Waals surface area contributed by atoms with Crippen LogP contribution in [0.3, 0.4) is 0 Å². The molecule has 108 valence electrons. The van der Waals surface area contributed by atoms with Gasteiger partial charge in [0, 0.05) is 19.3 Å². The Morgan fingerprint density at radius 2 is 2.10 bits per heavy atom. The summed E-state index contributed by atoms with van der Waals surface area (Å²) >= 11 is 11.9. The number of aromatic nitrogens is 2. The van der Waals surface area contributed by atoms with Crippen LogP contribution >= 0.6 is 23.2 Å². The van der Waals surface area contributed by atoms with Gasteiger partial charge in [-0.1, -0.05) is 29.3 Å². The number of halogens is 2. The van der Waals surface area contributed by atoms with Crippen molar-refractivity contribution < 1.29 is 0 Å². The van der Waals surface area contributed by atoms with E-state index in [1.54, 1.807) is 4.68 Å². The summed E-state index contributed by atoms with van der Waals surface area (Å²) in [5.41, 5.74) is 5.19. The van der Waals surface area contributed by atoms with Crippen LogP contribution in [0.4, 0.5) is 0 Å². The van der Waals surface area contributed by atoms with Crippen LogP contribution in [0.2, 0.25) is 10.0 Å². The highest BCUT2D eigenvalue weighted by molar-refractivity contribution is 6.42. The van der Waals surface area contributed by atoms with Crippen LogP contribution < -0.4 is 11.3 Å². The normalized spacial score (nSPS) is 12.6. The van der Waals surface area contributed by atoms with E-state index in [0.717, 1.165) is 24.8 Å². The van der Waals surface area contributed by atoms with Gasteiger partial charge < -0.3 is 0 Å². The molecule has 2 rings (SSSR count). The zero-order valence-corrected chi connectivity index (χ0v) is 12.8. The molecule has 0 aliphatic carbocycles. The van der Waals surface area contributed by atoms with Gasteiger partial charge in [-0.3, -0.25) is 16.0 Å². The summed E-state index contributed by atoms with van der Waals surface area (Å²) in [6, 6.07) is 5.86. The fourth-order valence-electron chi connectivity index (χ4n) is 2.14. The van der Waals surface area contributed by atoms with Gasteiger partial charge in [0.15, 0.2) is 0 Å². The molecule has 1 heterocycles. The maximum absolute atomic E-state index is 6.02. The molecule has 0 saturated heterocycles. The van der Waals surface area contributed by atoms with Crippen LogP contribution in [0.15, 0.2) is 30.6 Å². The van der Waals surface area contributed by atoms with Crippen molar-refractivity contribution in [1.29, 1.82) is 0 Å². The summed E-state index contributed by atoms with van der Waals surface area (Å²) in [7, 11) is 1.91. The molecule has 0 spiro atoms. The molecule has 4 nitrogen and oxygen atoms in total. The van der Waals surface area contributed by atoms with E-state index in [0.29, 0.717) is 10.0 Å². The average Bonchev–Trinajstić information content (AvgIpc) is 2.84. The molecule has 3 N–H and O–H groups in total. The van der Waals surface area contributed by atoms with Crippen molar-refractivity contribution in [3.05, 3.63) is 51.8 Å². The smallest absolute Gasteiger partial charge is 0.0595 e. The summed E-state index contributed by atoms with van der Waals surface area (Å²) in [4.78, 5) is 0. The second kappa shape index (κ2) is 7.09. The van der Waals surface area contributed by atoms with Crippen LogP contribution in [0.25, 0.3) is 0 Å². The number of nitrogens with one attached hydrogen (secondary N) is 1. The summed E-state index contributed by atoms with van der Waals surface area (Å²) in [5.74, 6) is 5.63. The number of hydrogen-bond donors (Lipinski definition) is 2. The molecular formula is C14H18Cl2N4. The van der Waals surface area contributed by atoms with Crippen molar-refractivity contribution in [1.82, 2.24) is 15.2 Å². The molecule has 0 amide bonds. The number of aryl methyl sites for hydroxylation is 2. The SMILES string of the molecule is Cn1cc(CCC(Cc2ccc(Cl)c(Cl)c2)NN)cn1. The van der Waals surface area contributed by atoms with Gasteiger partial charge in [-0.25, -0.2) is 0 Å². The third-order valence-corrected chi connectivity index (χ3v) is 3.98. The van der Waals surface area contributed by atoms with E-state index in [4.69, 9.17) is 29.0 Å². The molecule has 0 aliphatic heterocycles. The molecule has 0 aliphatic rings. The van der Waals surface area contributed by atoms with Crippen molar-refractivity contribution in [3.8, 4) is 0 Å².